The van der Waals surface area contributed by atoms with Gasteiger partial charge in [0.05, 0.1) is 18.1 Å². The quantitative estimate of drug-likeness (QED) is 0.609. The molecule has 1 aromatic rings. The first kappa shape index (κ1) is 14.3. The number of benzene rings is 1. The number of hydrogen-bond acceptors (Lipinski definition) is 4. The molecule has 4 nitrogen and oxygen atoms in total. The predicted octanol–water partition coefficient (Wildman–Crippen LogP) is 1.76. The van der Waals surface area contributed by atoms with Crippen molar-refractivity contribution in [3.8, 4) is 0 Å². The van der Waals surface area contributed by atoms with Crippen LogP contribution in [0.5, 0.6) is 0 Å². The third kappa shape index (κ3) is 5.39. The van der Waals surface area contributed by atoms with Gasteiger partial charge in [0, 0.05) is 24.4 Å². The average molecular weight is 278 g/mol. The van der Waals surface area contributed by atoms with Crippen molar-refractivity contribution < 1.29 is 13.2 Å². The van der Waals surface area contributed by atoms with Crippen molar-refractivity contribution >= 4 is 27.1 Å². The first-order chi connectivity index (χ1) is 8.04. The van der Waals surface area contributed by atoms with Crippen LogP contribution in [0.25, 0.3) is 0 Å². The number of rotatable bonds is 7. The number of anilines is 1. The Balaban J connectivity index is 2.41. The van der Waals surface area contributed by atoms with Crippen LogP contribution in [0.15, 0.2) is 29.2 Å². The Morgan fingerprint density at radius 2 is 1.88 bits per heavy atom. The topological polar surface area (TPSA) is 55.4 Å². The molecule has 1 N–H and O–H groups in total. The zero-order chi connectivity index (χ0) is 12.7. The summed E-state index contributed by atoms with van der Waals surface area (Å²) in [4.78, 5) is 0.321. The van der Waals surface area contributed by atoms with Gasteiger partial charge in [-0.05, 0) is 24.3 Å². The van der Waals surface area contributed by atoms with Gasteiger partial charge in [-0.15, -0.1) is 11.6 Å². The van der Waals surface area contributed by atoms with Crippen LogP contribution in [-0.4, -0.2) is 40.3 Å². The number of ether oxygens (including phenoxy) is 1. The SMILES string of the molecule is CS(=O)(=O)c1ccc(NCCOCCCl)cc1. The fourth-order valence-corrected chi connectivity index (χ4v) is 1.98. The molecule has 0 atom stereocenters. The first-order valence-corrected chi connectivity index (χ1v) is 7.64. The number of sulfone groups is 1. The van der Waals surface area contributed by atoms with Crippen LogP contribution >= 0.6 is 11.6 Å². The molecule has 6 heteroatoms. The van der Waals surface area contributed by atoms with Crippen molar-refractivity contribution in [1.29, 1.82) is 0 Å². The van der Waals surface area contributed by atoms with Gasteiger partial charge >= 0.3 is 0 Å². The molecule has 0 spiro atoms. The standard InChI is InChI=1S/C11H16ClNO3S/c1-17(14,15)11-4-2-10(3-5-11)13-7-9-16-8-6-12/h2-5,13H,6-9H2,1H3. The highest BCUT2D eigenvalue weighted by molar-refractivity contribution is 7.90. The van der Waals surface area contributed by atoms with Crippen molar-refractivity contribution in [3.63, 3.8) is 0 Å². The van der Waals surface area contributed by atoms with E-state index in [9.17, 15) is 8.42 Å². The maximum absolute atomic E-state index is 11.2. The monoisotopic (exact) mass is 277 g/mol. The van der Waals surface area contributed by atoms with Gasteiger partial charge < -0.3 is 10.1 Å². The normalized spacial score (nSPS) is 11.4. The van der Waals surface area contributed by atoms with Crippen LogP contribution in [0.2, 0.25) is 0 Å². The van der Waals surface area contributed by atoms with E-state index in [0.717, 1.165) is 5.69 Å². The predicted molar refractivity (Wildman–Crippen MR) is 69.6 cm³/mol. The smallest absolute Gasteiger partial charge is 0.175 e. The summed E-state index contributed by atoms with van der Waals surface area (Å²) in [5, 5.41) is 3.12. The lowest BCUT2D eigenvalue weighted by Crippen LogP contribution is -2.10. The molecular weight excluding hydrogens is 262 g/mol. The van der Waals surface area contributed by atoms with Crippen LogP contribution in [0.3, 0.4) is 0 Å². The Kier molecular flexibility index (Phi) is 5.74. The molecule has 0 aliphatic rings. The minimum absolute atomic E-state index is 0.321. The molecule has 0 saturated carbocycles. The molecule has 0 aromatic heterocycles. The highest BCUT2D eigenvalue weighted by Gasteiger charge is 2.05. The van der Waals surface area contributed by atoms with Gasteiger partial charge in [0.15, 0.2) is 9.84 Å². The van der Waals surface area contributed by atoms with E-state index in [1.807, 2.05) is 0 Å². The second kappa shape index (κ2) is 6.83. The van der Waals surface area contributed by atoms with E-state index in [1.165, 1.54) is 6.26 Å². The molecule has 17 heavy (non-hydrogen) atoms. The van der Waals surface area contributed by atoms with Crippen LogP contribution in [0.1, 0.15) is 0 Å². The van der Waals surface area contributed by atoms with Crippen LogP contribution < -0.4 is 5.32 Å². The first-order valence-electron chi connectivity index (χ1n) is 5.22. The van der Waals surface area contributed by atoms with Crippen LogP contribution in [0, 0.1) is 0 Å². The largest absolute Gasteiger partial charge is 0.383 e. The summed E-state index contributed by atoms with van der Waals surface area (Å²) in [5.41, 5.74) is 0.867. The Morgan fingerprint density at radius 3 is 2.41 bits per heavy atom. The number of nitrogens with one attached hydrogen (secondary N) is 1. The highest BCUT2D eigenvalue weighted by atomic mass is 35.5. The van der Waals surface area contributed by atoms with Crippen molar-refractivity contribution in [1.82, 2.24) is 0 Å². The third-order valence-corrected chi connectivity index (χ3v) is 3.36. The molecule has 0 bridgehead atoms. The minimum atomic E-state index is -3.12. The minimum Gasteiger partial charge on any atom is -0.383 e. The molecule has 0 saturated heterocycles. The van der Waals surface area contributed by atoms with Crippen LogP contribution in [0.4, 0.5) is 5.69 Å². The molecule has 0 fully saturated rings. The Labute approximate surface area is 107 Å². The Bertz CT molecular complexity index is 431. The maximum Gasteiger partial charge on any atom is 0.175 e. The third-order valence-electron chi connectivity index (χ3n) is 2.08. The maximum atomic E-state index is 11.2. The average Bonchev–Trinajstić information content (AvgIpc) is 2.28. The summed E-state index contributed by atoms with van der Waals surface area (Å²) >= 11 is 5.46. The van der Waals surface area contributed by atoms with Crippen molar-refractivity contribution in [3.05, 3.63) is 24.3 Å². The van der Waals surface area contributed by atoms with Crippen molar-refractivity contribution in [2.75, 3.05) is 37.2 Å². The van der Waals surface area contributed by atoms with E-state index in [-0.39, 0.29) is 0 Å². The second-order valence-corrected chi connectivity index (χ2v) is 5.92. The van der Waals surface area contributed by atoms with Crippen molar-refractivity contribution in [2.24, 2.45) is 0 Å². The van der Waals surface area contributed by atoms with Gasteiger partial charge in [-0.3, -0.25) is 0 Å². The fourth-order valence-electron chi connectivity index (χ4n) is 1.24. The van der Waals surface area contributed by atoms with E-state index in [2.05, 4.69) is 5.32 Å². The second-order valence-electron chi connectivity index (χ2n) is 3.52. The lowest BCUT2D eigenvalue weighted by molar-refractivity contribution is 0.160. The number of hydrogen-bond donors (Lipinski definition) is 1. The lowest BCUT2D eigenvalue weighted by Gasteiger charge is -2.07. The molecule has 0 aliphatic heterocycles. The molecule has 0 amide bonds. The summed E-state index contributed by atoms with van der Waals surface area (Å²) < 4.78 is 27.6. The Hall–Kier alpha value is -0.780. The molecule has 0 radical (unpaired) electrons. The molecule has 96 valence electrons. The van der Waals surface area contributed by atoms with Gasteiger partial charge in [-0.25, -0.2) is 8.42 Å². The van der Waals surface area contributed by atoms with E-state index in [1.54, 1.807) is 24.3 Å². The van der Waals surface area contributed by atoms with Gasteiger partial charge in [-0.1, -0.05) is 0 Å². The highest BCUT2D eigenvalue weighted by Crippen LogP contribution is 2.13. The Morgan fingerprint density at radius 1 is 1.24 bits per heavy atom. The lowest BCUT2D eigenvalue weighted by atomic mass is 10.3. The molecule has 0 aliphatic carbocycles. The van der Waals surface area contributed by atoms with Crippen molar-refractivity contribution in [2.45, 2.75) is 4.90 Å². The van der Waals surface area contributed by atoms with Gasteiger partial charge in [0.1, 0.15) is 0 Å². The van der Waals surface area contributed by atoms with Gasteiger partial charge in [0.25, 0.3) is 0 Å². The van der Waals surface area contributed by atoms with E-state index < -0.39 is 9.84 Å². The van der Waals surface area contributed by atoms with E-state index >= 15 is 0 Å². The molecule has 1 rings (SSSR count). The molecular formula is C11H16ClNO3S. The molecule has 1 aromatic carbocycles. The zero-order valence-corrected chi connectivity index (χ0v) is 11.2. The summed E-state index contributed by atoms with van der Waals surface area (Å²) in [6.07, 6.45) is 1.19. The summed E-state index contributed by atoms with van der Waals surface area (Å²) in [6, 6.07) is 6.63. The summed E-state index contributed by atoms with van der Waals surface area (Å²) in [5.74, 6) is 0.489. The zero-order valence-electron chi connectivity index (χ0n) is 9.65. The summed E-state index contributed by atoms with van der Waals surface area (Å²) in [6.45, 7) is 1.77. The van der Waals surface area contributed by atoms with Crippen LogP contribution in [-0.2, 0) is 14.6 Å². The van der Waals surface area contributed by atoms with Gasteiger partial charge in [-0.2, -0.15) is 0 Å². The number of halogens is 1. The molecule has 0 heterocycles. The fraction of sp³-hybridized carbons (Fsp3) is 0.455. The van der Waals surface area contributed by atoms with E-state index in [0.29, 0.717) is 30.5 Å². The molecule has 0 unspecified atom stereocenters. The van der Waals surface area contributed by atoms with Gasteiger partial charge in [0.2, 0.25) is 0 Å². The summed E-state index contributed by atoms with van der Waals surface area (Å²) in [7, 11) is -3.12. The number of alkyl halides is 1. The van der Waals surface area contributed by atoms with E-state index in [4.69, 9.17) is 16.3 Å².